The van der Waals surface area contributed by atoms with Crippen LogP contribution in [0.2, 0.25) is 0 Å². The standard InChI is InChI=1S/C13H17N/c1-5-11(4)12-8-6-7-9-13(12)14-10(2)3/h5-10,14H,1,4H2,2-3H3. The van der Waals surface area contributed by atoms with E-state index in [-0.39, 0.29) is 0 Å². The molecule has 0 aliphatic heterocycles. The normalized spacial score (nSPS) is 9.93. The second-order valence-corrected chi connectivity index (χ2v) is 3.57. The Morgan fingerprint density at radius 2 is 2.00 bits per heavy atom. The van der Waals surface area contributed by atoms with Gasteiger partial charge in [-0.2, -0.15) is 0 Å². The van der Waals surface area contributed by atoms with E-state index < -0.39 is 0 Å². The minimum absolute atomic E-state index is 0.425. The summed E-state index contributed by atoms with van der Waals surface area (Å²) >= 11 is 0. The third-order valence-electron chi connectivity index (χ3n) is 1.96. The third-order valence-corrected chi connectivity index (χ3v) is 1.96. The Kier molecular flexibility index (Phi) is 3.52. The highest BCUT2D eigenvalue weighted by molar-refractivity contribution is 5.80. The summed E-state index contributed by atoms with van der Waals surface area (Å²) < 4.78 is 0. The van der Waals surface area contributed by atoms with Crippen molar-refractivity contribution in [3.8, 4) is 0 Å². The van der Waals surface area contributed by atoms with E-state index in [0.717, 1.165) is 16.8 Å². The summed E-state index contributed by atoms with van der Waals surface area (Å²) in [5, 5.41) is 3.38. The van der Waals surface area contributed by atoms with E-state index in [1.54, 1.807) is 6.08 Å². The summed E-state index contributed by atoms with van der Waals surface area (Å²) in [5.41, 5.74) is 3.19. The van der Waals surface area contributed by atoms with Crippen LogP contribution in [-0.2, 0) is 0 Å². The second-order valence-electron chi connectivity index (χ2n) is 3.57. The molecule has 1 N–H and O–H groups in total. The molecule has 1 rings (SSSR count). The van der Waals surface area contributed by atoms with Crippen LogP contribution >= 0.6 is 0 Å². The Hall–Kier alpha value is -1.50. The highest BCUT2D eigenvalue weighted by atomic mass is 14.9. The van der Waals surface area contributed by atoms with Crippen molar-refractivity contribution in [3.05, 3.63) is 49.1 Å². The van der Waals surface area contributed by atoms with Crippen molar-refractivity contribution >= 4 is 11.3 Å². The van der Waals surface area contributed by atoms with Gasteiger partial charge in [-0.05, 0) is 25.5 Å². The molecule has 74 valence electrons. The molecule has 0 amide bonds. The van der Waals surface area contributed by atoms with Crippen LogP contribution in [0.5, 0.6) is 0 Å². The summed E-state index contributed by atoms with van der Waals surface area (Å²) in [5.74, 6) is 0. The van der Waals surface area contributed by atoms with Gasteiger partial charge in [-0.3, -0.25) is 0 Å². The molecule has 0 aromatic heterocycles. The van der Waals surface area contributed by atoms with E-state index >= 15 is 0 Å². The number of hydrogen-bond acceptors (Lipinski definition) is 1. The lowest BCUT2D eigenvalue weighted by Gasteiger charge is -2.14. The largest absolute Gasteiger partial charge is 0.382 e. The Balaban J connectivity index is 3.02. The van der Waals surface area contributed by atoms with Gasteiger partial charge in [0.2, 0.25) is 0 Å². The third kappa shape index (κ3) is 2.49. The van der Waals surface area contributed by atoms with Gasteiger partial charge in [0.15, 0.2) is 0 Å². The predicted molar refractivity (Wildman–Crippen MR) is 64.4 cm³/mol. The lowest BCUT2D eigenvalue weighted by atomic mass is 10.1. The molecule has 0 unspecified atom stereocenters. The van der Waals surface area contributed by atoms with E-state index in [1.807, 2.05) is 12.1 Å². The molecular weight excluding hydrogens is 170 g/mol. The zero-order chi connectivity index (χ0) is 10.6. The van der Waals surface area contributed by atoms with Crippen LogP contribution in [0.25, 0.3) is 5.57 Å². The van der Waals surface area contributed by atoms with Crippen LogP contribution in [-0.4, -0.2) is 6.04 Å². The zero-order valence-electron chi connectivity index (χ0n) is 8.88. The number of nitrogens with one attached hydrogen (secondary N) is 1. The smallest absolute Gasteiger partial charge is 0.0421 e. The average molecular weight is 187 g/mol. The molecule has 1 heteroatoms. The van der Waals surface area contributed by atoms with Crippen molar-refractivity contribution in [2.45, 2.75) is 19.9 Å². The molecule has 1 nitrogen and oxygen atoms in total. The van der Waals surface area contributed by atoms with Gasteiger partial charge in [0.1, 0.15) is 0 Å². The monoisotopic (exact) mass is 187 g/mol. The molecule has 0 bridgehead atoms. The summed E-state index contributed by atoms with van der Waals surface area (Å²) in [4.78, 5) is 0. The minimum atomic E-state index is 0.425. The molecule has 0 radical (unpaired) electrons. The van der Waals surface area contributed by atoms with Crippen LogP contribution in [0.1, 0.15) is 19.4 Å². The second kappa shape index (κ2) is 4.66. The summed E-state index contributed by atoms with van der Waals surface area (Å²) in [6, 6.07) is 8.56. The molecule has 0 aliphatic rings. The SMILES string of the molecule is C=CC(=C)c1ccccc1NC(C)C. The number of anilines is 1. The van der Waals surface area contributed by atoms with E-state index in [1.165, 1.54) is 0 Å². The van der Waals surface area contributed by atoms with Gasteiger partial charge >= 0.3 is 0 Å². The molecular formula is C13H17N. The Morgan fingerprint density at radius 1 is 1.36 bits per heavy atom. The number of benzene rings is 1. The molecule has 0 aliphatic carbocycles. The summed E-state index contributed by atoms with van der Waals surface area (Å²) in [7, 11) is 0. The maximum Gasteiger partial charge on any atom is 0.0421 e. The van der Waals surface area contributed by atoms with Crippen molar-refractivity contribution in [3.63, 3.8) is 0 Å². The van der Waals surface area contributed by atoms with E-state index in [2.05, 4.69) is 44.5 Å². The molecule has 0 fully saturated rings. The van der Waals surface area contributed by atoms with Gasteiger partial charge in [-0.25, -0.2) is 0 Å². The molecule has 0 saturated heterocycles. The van der Waals surface area contributed by atoms with Gasteiger partial charge in [0.05, 0.1) is 0 Å². The topological polar surface area (TPSA) is 12.0 Å². The summed E-state index contributed by atoms with van der Waals surface area (Å²) in [6.45, 7) is 11.9. The van der Waals surface area contributed by atoms with Gasteiger partial charge < -0.3 is 5.32 Å². The molecule has 1 aromatic rings. The number of hydrogen-bond donors (Lipinski definition) is 1. The van der Waals surface area contributed by atoms with Crippen molar-refractivity contribution in [1.82, 2.24) is 0 Å². The van der Waals surface area contributed by atoms with Crippen molar-refractivity contribution in [1.29, 1.82) is 0 Å². The first-order valence-electron chi connectivity index (χ1n) is 4.82. The minimum Gasteiger partial charge on any atom is -0.382 e. The van der Waals surface area contributed by atoms with Crippen LogP contribution in [0.15, 0.2) is 43.5 Å². The van der Waals surface area contributed by atoms with E-state index in [9.17, 15) is 0 Å². The number of allylic oxidation sites excluding steroid dienone is 2. The highest BCUT2D eigenvalue weighted by Gasteiger charge is 2.03. The van der Waals surface area contributed by atoms with E-state index in [0.29, 0.717) is 6.04 Å². The van der Waals surface area contributed by atoms with Gasteiger partial charge in [0, 0.05) is 17.3 Å². The summed E-state index contributed by atoms with van der Waals surface area (Å²) in [6.07, 6.45) is 1.78. The Bertz CT molecular complexity index is 337. The van der Waals surface area contributed by atoms with Crippen molar-refractivity contribution < 1.29 is 0 Å². The fourth-order valence-corrected chi connectivity index (χ4v) is 1.31. The van der Waals surface area contributed by atoms with Crippen molar-refractivity contribution in [2.24, 2.45) is 0 Å². The first-order chi connectivity index (χ1) is 6.65. The lowest BCUT2D eigenvalue weighted by molar-refractivity contribution is 0.899. The molecule has 0 atom stereocenters. The number of para-hydroxylation sites is 1. The van der Waals surface area contributed by atoms with E-state index in [4.69, 9.17) is 0 Å². The van der Waals surface area contributed by atoms with Crippen LogP contribution in [0, 0.1) is 0 Å². The zero-order valence-corrected chi connectivity index (χ0v) is 8.88. The molecule has 14 heavy (non-hydrogen) atoms. The maximum atomic E-state index is 3.95. The molecule has 1 aromatic carbocycles. The van der Waals surface area contributed by atoms with Crippen LogP contribution < -0.4 is 5.32 Å². The van der Waals surface area contributed by atoms with Gasteiger partial charge in [-0.1, -0.05) is 37.4 Å². The Labute approximate surface area is 86.2 Å². The Morgan fingerprint density at radius 3 is 2.57 bits per heavy atom. The van der Waals surface area contributed by atoms with Crippen molar-refractivity contribution in [2.75, 3.05) is 5.32 Å². The first-order valence-corrected chi connectivity index (χ1v) is 4.82. The predicted octanol–water partition coefficient (Wildman–Crippen LogP) is 3.71. The van der Waals surface area contributed by atoms with Crippen LogP contribution in [0.4, 0.5) is 5.69 Å². The molecule has 0 heterocycles. The molecule has 0 spiro atoms. The fourth-order valence-electron chi connectivity index (χ4n) is 1.31. The number of rotatable bonds is 4. The fraction of sp³-hybridized carbons (Fsp3) is 0.231. The maximum absolute atomic E-state index is 3.95. The lowest BCUT2D eigenvalue weighted by Crippen LogP contribution is -2.10. The quantitative estimate of drug-likeness (QED) is 0.708. The molecule has 0 saturated carbocycles. The van der Waals surface area contributed by atoms with Gasteiger partial charge in [0.25, 0.3) is 0 Å². The highest BCUT2D eigenvalue weighted by Crippen LogP contribution is 2.23. The van der Waals surface area contributed by atoms with Crippen LogP contribution in [0.3, 0.4) is 0 Å². The van der Waals surface area contributed by atoms with Gasteiger partial charge in [-0.15, -0.1) is 0 Å². The average Bonchev–Trinajstić information content (AvgIpc) is 2.16. The first kappa shape index (κ1) is 10.6.